The van der Waals surface area contributed by atoms with Gasteiger partial charge in [0.15, 0.2) is 0 Å². The number of hydrogen-bond acceptors (Lipinski definition) is 2. The highest BCUT2D eigenvalue weighted by Gasteiger charge is 2.36. The molecule has 2 unspecified atom stereocenters. The summed E-state index contributed by atoms with van der Waals surface area (Å²) < 4.78 is 3.88. The predicted octanol–water partition coefficient (Wildman–Crippen LogP) is 4.78. The van der Waals surface area contributed by atoms with E-state index >= 15 is 0 Å². The highest BCUT2D eigenvalue weighted by atomic mass is 32.2. The molecule has 1 aliphatic carbocycles. The third-order valence-corrected chi connectivity index (χ3v) is 4.99. The SMILES string of the molecule is CC(C)(C)SNCC1CCC(C)(c2ccccc2)C1. The van der Waals surface area contributed by atoms with Gasteiger partial charge in [0, 0.05) is 11.3 Å². The molecule has 1 aliphatic rings. The van der Waals surface area contributed by atoms with Crippen LogP contribution in [0.5, 0.6) is 0 Å². The second-order valence-electron chi connectivity index (χ2n) is 7.10. The van der Waals surface area contributed by atoms with Crippen molar-refractivity contribution < 1.29 is 0 Å². The maximum absolute atomic E-state index is 3.57. The van der Waals surface area contributed by atoms with Gasteiger partial charge in [-0.15, -0.1) is 0 Å². The van der Waals surface area contributed by atoms with Crippen molar-refractivity contribution in [2.75, 3.05) is 6.54 Å². The Balaban J connectivity index is 1.86. The summed E-state index contributed by atoms with van der Waals surface area (Å²) in [6.45, 7) is 10.3. The van der Waals surface area contributed by atoms with E-state index in [0.717, 1.165) is 12.5 Å². The van der Waals surface area contributed by atoms with Gasteiger partial charge in [0.1, 0.15) is 0 Å². The van der Waals surface area contributed by atoms with Crippen molar-refractivity contribution in [3.8, 4) is 0 Å². The van der Waals surface area contributed by atoms with Crippen LogP contribution in [0.25, 0.3) is 0 Å². The molecule has 1 aromatic carbocycles. The molecule has 0 aromatic heterocycles. The maximum Gasteiger partial charge on any atom is 0.0220 e. The molecule has 0 radical (unpaired) electrons. The lowest BCUT2D eigenvalue weighted by atomic mass is 9.80. The normalized spacial score (nSPS) is 27.7. The molecule has 1 fully saturated rings. The number of rotatable bonds is 4. The van der Waals surface area contributed by atoms with Crippen LogP contribution in [-0.4, -0.2) is 11.3 Å². The lowest BCUT2D eigenvalue weighted by molar-refractivity contribution is 0.451. The number of benzene rings is 1. The molecule has 1 N–H and O–H groups in total. The Morgan fingerprint density at radius 3 is 2.58 bits per heavy atom. The van der Waals surface area contributed by atoms with E-state index in [1.807, 2.05) is 11.9 Å². The van der Waals surface area contributed by atoms with Gasteiger partial charge in [-0.2, -0.15) is 0 Å². The van der Waals surface area contributed by atoms with Crippen molar-refractivity contribution in [1.82, 2.24) is 4.72 Å². The molecule has 19 heavy (non-hydrogen) atoms. The second-order valence-corrected chi connectivity index (χ2v) is 8.82. The zero-order valence-corrected chi connectivity index (χ0v) is 13.5. The highest BCUT2D eigenvalue weighted by Crippen LogP contribution is 2.43. The largest absolute Gasteiger partial charge is 0.263 e. The molecule has 2 rings (SSSR count). The highest BCUT2D eigenvalue weighted by molar-refractivity contribution is 7.98. The smallest absolute Gasteiger partial charge is 0.0220 e. The Kier molecular flexibility index (Phi) is 4.62. The van der Waals surface area contributed by atoms with Gasteiger partial charge in [-0.25, -0.2) is 0 Å². The van der Waals surface area contributed by atoms with E-state index in [2.05, 4.69) is 62.7 Å². The quantitative estimate of drug-likeness (QED) is 0.795. The first-order valence-corrected chi connectivity index (χ1v) is 8.17. The summed E-state index contributed by atoms with van der Waals surface area (Å²) >= 11 is 1.87. The van der Waals surface area contributed by atoms with Crippen molar-refractivity contribution in [2.45, 2.75) is 57.1 Å². The first-order valence-electron chi connectivity index (χ1n) is 7.35. The van der Waals surface area contributed by atoms with Gasteiger partial charge in [0.25, 0.3) is 0 Å². The average molecular weight is 277 g/mol. The van der Waals surface area contributed by atoms with Crippen LogP contribution >= 0.6 is 11.9 Å². The third kappa shape index (κ3) is 4.25. The monoisotopic (exact) mass is 277 g/mol. The zero-order chi connectivity index (χ0) is 13.9. The third-order valence-electron chi connectivity index (χ3n) is 4.06. The second kappa shape index (κ2) is 5.88. The molecular formula is C17H27NS. The van der Waals surface area contributed by atoms with Crippen molar-refractivity contribution in [1.29, 1.82) is 0 Å². The summed E-state index contributed by atoms with van der Waals surface area (Å²) in [5.41, 5.74) is 1.90. The topological polar surface area (TPSA) is 12.0 Å². The van der Waals surface area contributed by atoms with Crippen molar-refractivity contribution in [3.63, 3.8) is 0 Å². The van der Waals surface area contributed by atoms with Crippen molar-refractivity contribution >= 4 is 11.9 Å². The summed E-state index contributed by atoms with van der Waals surface area (Å²) in [5, 5.41) is 0. The van der Waals surface area contributed by atoms with Gasteiger partial charge < -0.3 is 0 Å². The fraction of sp³-hybridized carbons (Fsp3) is 0.647. The Morgan fingerprint density at radius 2 is 1.95 bits per heavy atom. The van der Waals surface area contributed by atoms with E-state index in [4.69, 9.17) is 0 Å². The molecule has 1 nitrogen and oxygen atoms in total. The molecule has 0 amide bonds. The van der Waals surface area contributed by atoms with Crippen LogP contribution in [0, 0.1) is 5.92 Å². The minimum absolute atomic E-state index is 0.307. The van der Waals surface area contributed by atoms with Gasteiger partial charge >= 0.3 is 0 Å². The van der Waals surface area contributed by atoms with Crippen LogP contribution in [0.15, 0.2) is 30.3 Å². The van der Waals surface area contributed by atoms with Crippen LogP contribution in [0.2, 0.25) is 0 Å². The lowest BCUT2D eigenvalue weighted by Crippen LogP contribution is -2.23. The first-order chi connectivity index (χ1) is 8.89. The molecule has 1 aromatic rings. The maximum atomic E-state index is 3.57. The van der Waals surface area contributed by atoms with Crippen LogP contribution in [0.1, 0.15) is 52.5 Å². The minimum atomic E-state index is 0.307. The predicted molar refractivity (Wildman–Crippen MR) is 86.5 cm³/mol. The fourth-order valence-electron chi connectivity index (χ4n) is 3.02. The van der Waals surface area contributed by atoms with Crippen molar-refractivity contribution in [2.24, 2.45) is 5.92 Å². The molecular weight excluding hydrogens is 250 g/mol. The average Bonchev–Trinajstić information content (AvgIpc) is 2.72. The van der Waals surface area contributed by atoms with E-state index < -0.39 is 0 Å². The van der Waals surface area contributed by atoms with Gasteiger partial charge in [0.05, 0.1) is 0 Å². The van der Waals surface area contributed by atoms with E-state index in [1.54, 1.807) is 0 Å². The van der Waals surface area contributed by atoms with E-state index in [-0.39, 0.29) is 0 Å². The molecule has 1 saturated carbocycles. The van der Waals surface area contributed by atoms with E-state index in [0.29, 0.717) is 10.2 Å². The van der Waals surface area contributed by atoms with Crippen molar-refractivity contribution in [3.05, 3.63) is 35.9 Å². The van der Waals surface area contributed by atoms with Gasteiger partial charge in [0.2, 0.25) is 0 Å². The molecule has 0 heterocycles. The van der Waals surface area contributed by atoms with Crippen LogP contribution in [0.3, 0.4) is 0 Å². The summed E-state index contributed by atoms with van der Waals surface area (Å²) in [5.74, 6) is 0.819. The lowest BCUT2D eigenvalue weighted by Gasteiger charge is -2.25. The summed E-state index contributed by atoms with van der Waals surface area (Å²) in [6, 6.07) is 11.0. The fourth-order valence-corrected chi connectivity index (χ4v) is 3.77. The molecule has 0 saturated heterocycles. The summed E-state index contributed by atoms with van der Waals surface area (Å²) in [4.78, 5) is 0. The van der Waals surface area contributed by atoms with Gasteiger partial charge in [-0.1, -0.05) is 49.2 Å². The van der Waals surface area contributed by atoms with E-state index in [9.17, 15) is 0 Å². The molecule has 2 heteroatoms. The number of nitrogens with one attached hydrogen (secondary N) is 1. The summed E-state index contributed by atoms with van der Waals surface area (Å²) in [6.07, 6.45) is 3.99. The van der Waals surface area contributed by atoms with Gasteiger partial charge in [-0.05, 0) is 56.9 Å². The molecule has 0 aliphatic heterocycles. The molecule has 0 spiro atoms. The Bertz CT molecular complexity index is 395. The zero-order valence-electron chi connectivity index (χ0n) is 12.7. The minimum Gasteiger partial charge on any atom is -0.263 e. The van der Waals surface area contributed by atoms with Crippen LogP contribution in [0.4, 0.5) is 0 Å². The Morgan fingerprint density at radius 1 is 1.26 bits per heavy atom. The Hall–Kier alpha value is -0.470. The van der Waals surface area contributed by atoms with E-state index in [1.165, 1.54) is 24.8 Å². The van der Waals surface area contributed by atoms with Crippen LogP contribution < -0.4 is 4.72 Å². The first kappa shape index (κ1) is 14.9. The van der Waals surface area contributed by atoms with Crippen LogP contribution in [-0.2, 0) is 5.41 Å². The van der Waals surface area contributed by atoms with Gasteiger partial charge in [-0.3, -0.25) is 4.72 Å². The molecule has 106 valence electrons. The summed E-state index contributed by atoms with van der Waals surface area (Å²) in [7, 11) is 0. The molecule has 2 atom stereocenters. The molecule has 0 bridgehead atoms. The number of hydrogen-bond donors (Lipinski definition) is 1. The Labute approximate surface area is 122 Å². The standard InChI is InChI=1S/C17H27NS/c1-16(2,3)19-18-13-14-10-11-17(4,12-14)15-8-6-5-7-9-15/h5-9,14,18H,10-13H2,1-4H3.